The van der Waals surface area contributed by atoms with Gasteiger partial charge in [-0.15, -0.1) is 0 Å². The van der Waals surface area contributed by atoms with E-state index >= 15 is 0 Å². The summed E-state index contributed by atoms with van der Waals surface area (Å²) in [7, 11) is 3.49. The smallest absolute Gasteiger partial charge is 0.228 e. The average Bonchev–Trinajstić information content (AvgIpc) is 2.73. The number of carbonyl (C=O) groups excluding carboxylic acids is 1. The van der Waals surface area contributed by atoms with Crippen LogP contribution in [-0.4, -0.2) is 59.1 Å². The Morgan fingerprint density at radius 1 is 1.60 bits per heavy atom. The first kappa shape index (κ1) is 15.0. The first-order valence-corrected chi connectivity index (χ1v) is 6.83. The number of rotatable bonds is 4. The summed E-state index contributed by atoms with van der Waals surface area (Å²) in [5.41, 5.74) is 0.450. The zero-order valence-electron chi connectivity index (χ0n) is 12.6. The summed E-state index contributed by atoms with van der Waals surface area (Å²) < 4.78 is 12.8. The minimum Gasteiger partial charge on any atom is -0.382 e. The molecule has 6 nitrogen and oxygen atoms in total. The molecule has 1 atom stereocenters. The minimum atomic E-state index is -0.346. The highest BCUT2D eigenvalue weighted by molar-refractivity contribution is 5.78. The van der Waals surface area contributed by atoms with Gasteiger partial charge in [0, 0.05) is 33.4 Å². The van der Waals surface area contributed by atoms with Gasteiger partial charge in [-0.05, 0) is 19.9 Å². The zero-order valence-corrected chi connectivity index (χ0v) is 12.6. The molecule has 1 aliphatic heterocycles. The van der Waals surface area contributed by atoms with E-state index in [0.717, 1.165) is 5.69 Å². The molecule has 6 heteroatoms. The van der Waals surface area contributed by atoms with E-state index in [1.807, 2.05) is 38.1 Å². The van der Waals surface area contributed by atoms with E-state index in [1.54, 1.807) is 11.8 Å². The lowest BCUT2D eigenvalue weighted by atomic mass is 10.0. The monoisotopic (exact) mass is 281 g/mol. The standard InChI is InChI=1S/C14H23N3O3/c1-14(2)10-17(8-12(20-14)9-19-4)13(18)7-11-5-6-16(3)15-11/h5-6,12H,7-10H2,1-4H3/t12-/m1/s1. The molecule has 0 bridgehead atoms. The number of nitrogens with zero attached hydrogens (tertiary/aromatic N) is 3. The molecule has 0 aliphatic carbocycles. The minimum absolute atomic E-state index is 0.0727. The van der Waals surface area contributed by atoms with Gasteiger partial charge in [0.2, 0.25) is 5.91 Å². The Morgan fingerprint density at radius 3 is 2.95 bits per heavy atom. The molecule has 0 spiro atoms. The SMILES string of the molecule is COC[C@H]1CN(C(=O)Cc2ccn(C)n2)CC(C)(C)O1. The summed E-state index contributed by atoms with van der Waals surface area (Å²) in [5.74, 6) is 0.0844. The third kappa shape index (κ3) is 3.80. The number of methoxy groups -OCH3 is 1. The van der Waals surface area contributed by atoms with Gasteiger partial charge in [-0.1, -0.05) is 0 Å². The van der Waals surface area contributed by atoms with Crippen LogP contribution in [0.1, 0.15) is 19.5 Å². The predicted octanol–water partition coefficient (Wildman–Crippen LogP) is 0.615. The quantitative estimate of drug-likeness (QED) is 0.811. The fraction of sp³-hybridized carbons (Fsp3) is 0.714. The van der Waals surface area contributed by atoms with E-state index in [1.165, 1.54) is 0 Å². The Balaban J connectivity index is 2.00. The maximum atomic E-state index is 12.4. The van der Waals surface area contributed by atoms with Gasteiger partial charge >= 0.3 is 0 Å². The molecule has 20 heavy (non-hydrogen) atoms. The topological polar surface area (TPSA) is 56.6 Å². The summed E-state index contributed by atoms with van der Waals surface area (Å²) >= 11 is 0. The highest BCUT2D eigenvalue weighted by Crippen LogP contribution is 2.21. The van der Waals surface area contributed by atoms with Crippen LogP contribution in [-0.2, 0) is 27.7 Å². The number of hydrogen-bond acceptors (Lipinski definition) is 4. The van der Waals surface area contributed by atoms with Crippen molar-refractivity contribution in [2.75, 3.05) is 26.8 Å². The molecule has 0 unspecified atom stereocenters. The Bertz CT molecular complexity index is 470. The second-order valence-corrected chi connectivity index (χ2v) is 5.89. The maximum absolute atomic E-state index is 12.4. The molecular weight excluding hydrogens is 258 g/mol. The van der Waals surface area contributed by atoms with Gasteiger partial charge in [-0.25, -0.2) is 0 Å². The van der Waals surface area contributed by atoms with Crippen molar-refractivity contribution in [2.24, 2.45) is 7.05 Å². The van der Waals surface area contributed by atoms with Crippen LogP contribution in [0.5, 0.6) is 0 Å². The molecule has 112 valence electrons. The molecule has 0 N–H and O–H groups in total. The van der Waals surface area contributed by atoms with Crippen LogP contribution in [0.4, 0.5) is 0 Å². The third-order valence-electron chi connectivity index (χ3n) is 3.29. The van der Waals surface area contributed by atoms with Crippen molar-refractivity contribution in [3.05, 3.63) is 18.0 Å². The molecule has 1 amide bonds. The zero-order chi connectivity index (χ0) is 14.8. The van der Waals surface area contributed by atoms with Crippen molar-refractivity contribution >= 4 is 5.91 Å². The van der Waals surface area contributed by atoms with Crippen molar-refractivity contribution in [3.63, 3.8) is 0 Å². The van der Waals surface area contributed by atoms with Crippen molar-refractivity contribution in [3.8, 4) is 0 Å². The summed E-state index contributed by atoms with van der Waals surface area (Å²) in [6.45, 7) is 5.66. The van der Waals surface area contributed by atoms with Crippen LogP contribution in [0.2, 0.25) is 0 Å². The van der Waals surface area contributed by atoms with Crippen LogP contribution < -0.4 is 0 Å². The van der Waals surface area contributed by atoms with Crippen LogP contribution in [0.3, 0.4) is 0 Å². The Kier molecular flexibility index (Phi) is 4.45. The molecule has 1 aromatic rings. The van der Waals surface area contributed by atoms with E-state index in [0.29, 0.717) is 26.1 Å². The van der Waals surface area contributed by atoms with Gasteiger partial charge in [-0.2, -0.15) is 5.10 Å². The lowest BCUT2D eigenvalue weighted by Crippen LogP contribution is -2.56. The van der Waals surface area contributed by atoms with Crippen molar-refractivity contribution in [1.29, 1.82) is 0 Å². The van der Waals surface area contributed by atoms with E-state index < -0.39 is 0 Å². The van der Waals surface area contributed by atoms with Crippen molar-refractivity contribution in [1.82, 2.24) is 14.7 Å². The van der Waals surface area contributed by atoms with Gasteiger partial charge in [0.15, 0.2) is 0 Å². The van der Waals surface area contributed by atoms with Crippen molar-refractivity contribution in [2.45, 2.75) is 32.0 Å². The Hall–Kier alpha value is -1.40. The number of ether oxygens (including phenoxy) is 2. The molecule has 0 saturated carbocycles. The molecular formula is C14H23N3O3. The number of carbonyl (C=O) groups is 1. The fourth-order valence-corrected chi connectivity index (χ4v) is 2.58. The van der Waals surface area contributed by atoms with Gasteiger partial charge in [0.1, 0.15) is 0 Å². The fourth-order valence-electron chi connectivity index (χ4n) is 2.58. The lowest BCUT2D eigenvalue weighted by molar-refractivity contribution is -0.168. The third-order valence-corrected chi connectivity index (χ3v) is 3.29. The van der Waals surface area contributed by atoms with E-state index in [2.05, 4.69) is 5.10 Å². The Labute approximate surface area is 119 Å². The molecule has 1 aliphatic rings. The van der Waals surface area contributed by atoms with Crippen LogP contribution in [0.25, 0.3) is 0 Å². The highest BCUT2D eigenvalue weighted by atomic mass is 16.5. The molecule has 1 fully saturated rings. The molecule has 1 saturated heterocycles. The molecule has 1 aromatic heterocycles. The first-order valence-electron chi connectivity index (χ1n) is 6.83. The average molecular weight is 281 g/mol. The van der Waals surface area contributed by atoms with Crippen LogP contribution >= 0.6 is 0 Å². The summed E-state index contributed by atoms with van der Waals surface area (Å²) in [5, 5.41) is 4.25. The lowest BCUT2D eigenvalue weighted by Gasteiger charge is -2.42. The van der Waals surface area contributed by atoms with Crippen LogP contribution in [0.15, 0.2) is 12.3 Å². The van der Waals surface area contributed by atoms with Crippen molar-refractivity contribution < 1.29 is 14.3 Å². The van der Waals surface area contributed by atoms with Gasteiger partial charge in [0.25, 0.3) is 0 Å². The van der Waals surface area contributed by atoms with E-state index in [-0.39, 0.29) is 17.6 Å². The maximum Gasteiger partial charge on any atom is 0.228 e. The molecule has 0 radical (unpaired) electrons. The second-order valence-electron chi connectivity index (χ2n) is 5.89. The van der Waals surface area contributed by atoms with Crippen LogP contribution in [0, 0.1) is 0 Å². The number of aromatic nitrogens is 2. The largest absolute Gasteiger partial charge is 0.382 e. The van der Waals surface area contributed by atoms with Gasteiger partial charge in [-0.3, -0.25) is 9.48 Å². The number of aryl methyl sites for hydroxylation is 1. The van der Waals surface area contributed by atoms with Gasteiger partial charge < -0.3 is 14.4 Å². The van der Waals surface area contributed by atoms with E-state index in [4.69, 9.17) is 9.47 Å². The normalized spacial score (nSPS) is 22.0. The van der Waals surface area contributed by atoms with E-state index in [9.17, 15) is 4.79 Å². The number of morpholine rings is 1. The predicted molar refractivity (Wildman–Crippen MR) is 74.3 cm³/mol. The number of hydrogen-bond donors (Lipinski definition) is 0. The summed E-state index contributed by atoms with van der Waals surface area (Å²) in [6, 6.07) is 1.87. The molecule has 2 rings (SSSR count). The first-order chi connectivity index (χ1) is 9.39. The van der Waals surface area contributed by atoms with Gasteiger partial charge in [0.05, 0.1) is 30.4 Å². The molecule has 2 heterocycles. The summed E-state index contributed by atoms with van der Waals surface area (Å²) in [4.78, 5) is 14.2. The summed E-state index contributed by atoms with van der Waals surface area (Å²) in [6.07, 6.45) is 2.10. The molecule has 0 aromatic carbocycles. The Morgan fingerprint density at radius 2 is 2.35 bits per heavy atom. The number of amides is 1. The highest BCUT2D eigenvalue weighted by Gasteiger charge is 2.35. The second kappa shape index (κ2) is 5.93.